The molecule has 0 unspecified atom stereocenters. The molecule has 1 aromatic rings. The van der Waals surface area contributed by atoms with Crippen LogP contribution in [0.5, 0.6) is 0 Å². The molecule has 58 valence electrons. The molecule has 6 heteroatoms. The number of aliphatic carboxylic acids is 1. The van der Waals surface area contributed by atoms with Gasteiger partial charge in [-0.25, -0.2) is 0 Å². The SMILES string of the molecule is O=C(O)CCc1nncnn1. The summed E-state index contributed by atoms with van der Waals surface area (Å²) in [7, 11) is 0. The first kappa shape index (κ1) is 7.52. The Labute approximate surface area is 62.3 Å². The van der Waals surface area contributed by atoms with Gasteiger partial charge in [0.25, 0.3) is 0 Å². The third kappa shape index (κ3) is 2.65. The quantitative estimate of drug-likeness (QED) is 0.618. The van der Waals surface area contributed by atoms with Crippen LogP contribution in [0, 0.1) is 0 Å². The highest BCUT2D eigenvalue weighted by Crippen LogP contribution is 1.90. The van der Waals surface area contributed by atoms with Gasteiger partial charge in [-0.3, -0.25) is 4.79 Å². The van der Waals surface area contributed by atoms with Gasteiger partial charge >= 0.3 is 5.97 Å². The van der Waals surface area contributed by atoms with E-state index in [1.807, 2.05) is 0 Å². The van der Waals surface area contributed by atoms with Crippen LogP contribution in [0.15, 0.2) is 6.33 Å². The van der Waals surface area contributed by atoms with Crippen LogP contribution in [0.3, 0.4) is 0 Å². The van der Waals surface area contributed by atoms with Crippen molar-refractivity contribution in [3.63, 3.8) is 0 Å². The summed E-state index contributed by atoms with van der Waals surface area (Å²) in [6, 6.07) is 0. The van der Waals surface area contributed by atoms with Crippen molar-refractivity contribution in [2.45, 2.75) is 12.8 Å². The molecular weight excluding hydrogens is 148 g/mol. The van der Waals surface area contributed by atoms with Crippen molar-refractivity contribution >= 4 is 5.97 Å². The Bertz CT molecular complexity index is 237. The molecule has 0 atom stereocenters. The molecule has 1 rings (SSSR count). The van der Waals surface area contributed by atoms with Gasteiger partial charge in [-0.05, 0) is 0 Å². The number of carbonyl (C=O) groups is 1. The molecule has 0 saturated carbocycles. The Balaban J connectivity index is 2.45. The Hall–Kier alpha value is -1.59. The molecule has 6 nitrogen and oxygen atoms in total. The minimum Gasteiger partial charge on any atom is -0.481 e. The van der Waals surface area contributed by atoms with Crippen LogP contribution in [-0.4, -0.2) is 31.5 Å². The summed E-state index contributed by atoms with van der Waals surface area (Å²) in [5.74, 6) is -0.521. The van der Waals surface area contributed by atoms with Crippen molar-refractivity contribution in [2.75, 3.05) is 0 Å². The molecule has 0 aromatic carbocycles. The lowest BCUT2D eigenvalue weighted by Gasteiger charge is -1.91. The second-order valence-corrected chi connectivity index (χ2v) is 1.86. The highest BCUT2D eigenvalue weighted by Gasteiger charge is 2.00. The zero-order valence-corrected chi connectivity index (χ0v) is 5.64. The lowest BCUT2D eigenvalue weighted by atomic mass is 10.3. The third-order valence-electron chi connectivity index (χ3n) is 1.01. The molecule has 0 fully saturated rings. The van der Waals surface area contributed by atoms with Gasteiger partial charge in [0.15, 0.2) is 12.2 Å². The Morgan fingerprint density at radius 1 is 1.45 bits per heavy atom. The van der Waals surface area contributed by atoms with E-state index in [9.17, 15) is 4.79 Å². The summed E-state index contributed by atoms with van der Waals surface area (Å²) in [4.78, 5) is 10.1. The van der Waals surface area contributed by atoms with E-state index in [4.69, 9.17) is 5.11 Å². The molecule has 1 aromatic heterocycles. The molecule has 0 amide bonds. The molecule has 1 heterocycles. The predicted molar refractivity (Wildman–Crippen MR) is 33.6 cm³/mol. The van der Waals surface area contributed by atoms with Crippen molar-refractivity contribution in [3.05, 3.63) is 12.2 Å². The number of aromatic nitrogens is 4. The highest BCUT2D eigenvalue weighted by atomic mass is 16.4. The Morgan fingerprint density at radius 3 is 2.64 bits per heavy atom. The van der Waals surface area contributed by atoms with Crippen LogP contribution in [0.1, 0.15) is 12.2 Å². The predicted octanol–water partition coefficient (Wildman–Crippen LogP) is -0.716. The molecule has 0 spiro atoms. The maximum atomic E-state index is 10.1. The average Bonchev–Trinajstić information content (AvgIpc) is 2.03. The number of carboxylic acids is 1. The fourth-order valence-electron chi connectivity index (χ4n) is 0.547. The van der Waals surface area contributed by atoms with Crippen molar-refractivity contribution in [1.29, 1.82) is 0 Å². The van der Waals surface area contributed by atoms with E-state index in [1.54, 1.807) is 0 Å². The van der Waals surface area contributed by atoms with E-state index in [0.717, 1.165) is 0 Å². The summed E-state index contributed by atoms with van der Waals surface area (Å²) in [5, 5.41) is 22.3. The molecule has 0 saturated heterocycles. The third-order valence-corrected chi connectivity index (χ3v) is 1.01. The topological polar surface area (TPSA) is 88.9 Å². The molecule has 0 bridgehead atoms. The minimum absolute atomic E-state index is 0.00731. The smallest absolute Gasteiger partial charge is 0.303 e. The molecule has 1 N–H and O–H groups in total. The van der Waals surface area contributed by atoms with Crippen molar-refractivity contribution in [3.8, 4) is 0 Å². The monoisotopic (exact) mass is 154 g/mol. The van der Waals surface area contributed by atoms with E-state index in [1.165, 1.54) is 6.33 Å². The highest BCUT2D eigenvalue weighted by molar-refractivity contribution is 5.66. The summed E-state index contributed by atoms with van der Waals surface area (Å²) in [5.41, 5.74) is 0. The van der Waals surface area contributed by atoms with Gasteiger partial charge in [0.05, 0.1) is 6.42 Å². The zero-order chi connectivity index (χ0) is 8.10. The first-order chi connectivity index (χ1) is 5.29. The van der Waals surface area contributed by atoms with Crippen LogP contribution >= 0.6 is 0 Å². The molecule has 11 heavy (non-hydrogen) atoms. The maximum Gasteiger partial charge on any atom is 0.303 e. The van der Waals surface area contributed by atoms with Crippen LogP contribution in [0.4, 0.5) is 0 Å². The van der Waals surface area contributed by atoms with Gasteiger partial charge in [-0.15, -0.1) is 20.4 Å². The van der Waals surface area contributed by atoms with Gasteiger partial charge in [-0.1, -0.05) is 0 Å². The number of nitrogens with zero attached hydrogens (tertiary/aromatic N) is 4. The number of carboxylic acid groups (broad SMARTS) is 1. The van der Waals surface area contributed by atoms with Gasteiger partial charge in [0, 0.05) is 6.42 Å². The van der Waals surface area contributed by atoms with E-state index in [-0.39, 0.29) is 12.8 Å². The summed E-state index contributed by atoms with van der Waals surface area (Å²) < 4.78 is 0. The Kier molecular flexibility index (Phi) is 2.42. The summed E-state index contributed by atoms with van der Waals surface area (Å²) >= 11 is 0. The van der Waals surface area contributed by atoms with Gasteiger partial charge in [0.1, 0.15) is 0 Å². The summed E-state index contributed by atoms with van der Waals surface area (Å²) in [6.45, 7) is 0. The fourth-order valence-corrected chi connectivity index (χ4v) is 0.547. The summed E-state index contributed by atoms with van der Waals surface area (Å²) in [6.07, 6.45) is 1.48. The molecule has 0 aliphatic rings. The lowest BCUT2D eigenvalue weighted by Crippen LogP contribution is -2.03. The van der Waals surface area contributed by atoms with E-state index >= 15 is 0 Å². The Morgan fingerprint density at radius 2 is 2.09 bits per heavy atom. The second kappa shape index (κ2) is 3.55. The number of rotatable bonds is 3. The van der Waals surface area contributed by atoms with Crippen molar-refractivity contribution < 1.29 is 9.90 Å². The zero-order valence-electron chi connectivity index (χ0n) is 5.64. The number of hydrogen-bond donors (Lipinski definition) is 1. The van der Waals surface area contributed by atoms with E-state index in [0.29, 0.717) is 5.82 Å². The van der Waals surface area contributed by atoms with Crippen LogP contribution in [-0.2, 0) is 11.2 Å². The van der Waals surface area contributed by atoms with Gasteiger partial charge in [0.2, 0.25) is 0 Å². The second-order valence-electron chi connectivity index (χ2n) is 1.86. The fraction of sp³-hybridized carbons (Fsp3) is 0.400. The first-order valence-electron chi connectivity index (χ1n) is 3.00. The largest absolute Gasteiger partial charge is 0.481 e. The maximum absolute atomic E-state index is 10.1. The molecule has 0 radical (unpaired) electrons. The van der Waals surface area contributed by atoms with E-state index in [2.05, 4.69) is 20.4 Å². The number of aryl methyl sites for hydroxylation is 1. The molecule has 0 aliphatic carbocycles. The van der Waals surface area contributed by atoms with Crippen LogP contribution < -0.4 is 0 Å². The first-order valence-corrected chi connectivity index (χ1v) is 3.00. The molecular formula is C5H6N4O2. The number of hydrogen-bond acceptors (Lipinski definition) is 5. The normalized spacial score (nSPS) is 9.45. The van der Waals surface area contributed by atoms with Gasteiger partial charge < -0.3 is 5.11 Å². The van der Waals surface area contributed by atoms with Crippen molar-refractivity contribution in [1.82, 2.24) is 20.4 Å². The van der Waals surface area contributed by atoms with Crippen LogP contribution in [0.2, 0.25) is 0 Å². The van der Waals surface area contributed by atoms with E-state index < -0.39 is 5.97 Å². The molecule has 0 aliphatic heterocycles. The van der Waals surface area contributed by atoms with Gasteiger partial charge in [-0.2, -0.15) is 0 Å². The standard InChI is InChI=1S/C5H6N4O2/c10-5(11)2-1-4-8-6-3-7-9-4/h3H,1-2H2,(H,10,11). The minimum atomic E-state index is -0.877. The van der Waals surface area contributed by atoms with Crippen molar-refractivity contribution in [2.24, 2.45) is 0 Å². The lowest BCUT2D eigenvalue weighted by molar-refractivity contribution is -0.137. The average molecular weight is 154 g/mol. The van der Waals surface area contributed by atoms with Crippen LogP contribution in [0.25, 0.3) is 0 Å².